The normalized spacial score (nSPS) is 23.4. The molecule has 2 rings (SSSR count). The molecule has 4 nitrogen and oxygen atoms in total. The van der Waals surface area contributed by atoms with Gasteiger partial charge in [0.05, 0.1) is 6.54 Å². The van der Waals surface area contributed by atoms with Gasteiger partial charge in [-0.1, -0.05) is 6.42 Å². The van der Waals surface area contributed by atoms with Crippen LogP contribution >= 0.6 is 0 Å². The Kier molecular flexibility index (Phi) is 3.93. The lowest BCUT2D eigenvalue weighted by atomic mass is 10.1. The van der Waals surface area contributed by atoms with Crippen LogP contribution in [0.5, 0.6) is 0 Å². The fraction of sp³-hybridized carbons (Fsp3) is 0.833. The monoisotopic (exact) mass is 223 g/mol. The first-order valence-electron chi connectivity index (χ1n) is 6.32. The third-order valence-electron chi connectivity index (χ3n) is 3.36. The fourth-order valence-electron chi connectivity index (χ4n) is 2.32. The van der Waals surface area contributed by atoms with E-state index in [9.17, 15) is 4.79 Å². The van der Waals surface area contributed by atoms with E-state index >= 15 is 0 Å². The van der Waals surface area contributed by atoms with Gasteiger partial charge in [-0.05, 0) is 39.3 Å². The van der Waals surface area contributed by atoms with E-state index in [4.69, 9.17) is 0 Å². The van der Waals surface area contributed by atoms with Gasteiger partial charge in [0.2, 0.25) is 5.91 Å². The van der Waals surface area contributed by atoms with Crippen molar-refractivity contribution >= 4 is 11.6 Å². The van der Waals surface area contributed by atoms with Crippen molar-refractivity contribution in [1.82, 2.24) is 9.91 Å². The SMILES string of the molecule is CC1=NN(CCN2CCCCC2)C(=O)CC1. The summed E-state index contributed by atoms with van der Waals surface area (Å²) in [5, 5.41) is 5.98. The zero-order valence-electron chi connectivity index (χ0n) is 10.1. The number of carbonyl (C=O) groups excluding carboxylic acids is 1. The number of hydrazone groups is 1. The molecule has 1 saturated heterocycles. The summed E-state index contributed by atoms with van der Waals surface area (Å²) in [6, 6.07) is 0. The first-order valence-corrected chi connectivity index (χ1v) is 6.32. The summed E-state index contributed by atoms with van der Waals surface area (Å²) in [5.41, 5.74) is 1.08. The van der Waals surface area contributed by atoms with Gasteiger partial charge in [-0.2, -0.15) is 5.10 Å². The van der Waals surface area contributed by atoms with Crippen molar-refractivity contribution in [3.05, 3.63) is 0 Å². The zero-order valence-corrected chi connectivity index (χ0v) is 10.1. The predicted octanol–water partition coefficient (Wildman–Crippen LogP) is 1.47. The quantitative estimate of drug-likeness (QED) is 0.726. The molecule has 0 unspecified atom stereocenters. The summed E-state index contributed by atoms with van der Waals surface area (Å²) in [7, 11) is 0. The van der Waals surface area contributed by atoms with E-state index in [1.807, 2.05) is 6.92 Å². The van der Waals surface area contributed by atoms with Gasteiger partial charge in [-0.15, -0.1) is 0 Å². The largest absolute Gasteiger partial charge is 0.301 e. The van der Waals surface area contributed by atoms with Crippen molar-refractivity contribution in [2.24, 2.45) is 5.10 Å². The molecule has 1 amide bonds. The van der Waals surface area contributed by atoms with Crippen molar-refractivity contribution in [2.75, 3.05) is 26.2 Å². The van der Waals surface area contributed by atoms with E-state index in [-0.39, 0.29) is 5.91 Å². The van der Waals surface area contributed by atoms with Crippen molar-refractivity contribution in [3.63, 3.8) is 0 Å². The zero-order chi connectivity index (χ0) is 11.4. The van der Waals surface area contributed by atoms with Crippen molar-refractivity contribution in [2.45, 2.75) is 39.0 Å². The molecule has 2 aliphatic heterocycles. The number of hydrogen-bond acceptors (Lipinski definition) is 3. The number of carbonyl (C=O) groups is 1. The number of amides is 1. The van der Waals surface area contributed by atoms with Crippen LogP contribution in [-0.2, 0) is 4.79 Å². The Bertz CT molecular complexity index is 282. The van der Waals surface area contributed by atoms with Crippen LogP contribution in [-0.4, -0.2) is 47.7 Å². The van der Waals surface area contributed by atoms with E-state index in [1.54, 1.807) is 5.01 Å². The van der Waals surface area contributed by atoms with Crippen LogP contribution in [0.4, 0.5) is 0 Å². The molecule has 0 spiro atoms. The molecule has 1 fully saturated rings. The Hall–Kier alpha value is -0.900. The van der Waals surface area contributed by atoms with Crippen LogP contribution in [0.25, 0.3) is 0 Å². The molecule has 0 N–H and O–H groups in total. The van der Waals surface area contributed by atoms with Gasteiger partial charge in [0.1, 0.15) is 0 Å². The van der Waals surface area contributed by atoms with Crippen LogP contribution in [0.15, 0.2) is 5.10 Å². The predicted molar refractivity (Wildman–Crippen MR) is 64.3 cm³/mol. The molecule has 2 heterocycles. The molecule has 0 aromatic heterocycles. The highest BCUT2D eigenvalue weighted by molar-refractivity contribution is 5.91. The lowest BCUT2D eigenvalue weighted by molar-refractivity contribution is -0.132. The Morgan fingerprint density at radius 3 is 2.62 bits per heavy atom. The van der Waals surface area contributed by atoms with Gasteiger partial charge >= 0.3 is 0 Å². The maximum Gasteiger partial charge on any atom is 0.243 e. The van der Waals surface area contributed by atoms with E-state index in [0.29, 0.717) is 6.42 Å². The topological polar surface area (TPSA) is 35.9 Å². The Balaban J connectivity index is 1.79. The van der Waals surface area contributed by atoms with Gasteiger partial charge in [0, 0.05) is 18.7 Å². The summed E-state index contributed by atoms with van der Waals surface area (Å²) in [4.78, 5) is 14.1. The number of nitrogens with zero attached hydrogens (tertiary/aromatic N) is 3. The van der Waals surface area contributed by atoms with Crippen molar-refractivity contribution in [1.29, 1.82) is 0 Å². The minimum Gasteiger partial charge on any atom is -0.301 e. The molecule has 0 bridgehead atoms. The van der Waals surface area contributed by atoms with Gasteiger partial charge in [0.25, 0.3) is 0 Å². The Morgan fingerprint density at radius 2 is 1.88 bits per heavy atom. The molecule has 4 heteroatoms. The van der Waals surface area contributed by atoms with Crippen LogP contribution in [0, 0.1) is 0 Å². The van der Waals surface area contributed by atoms with E-state index < -0.39 is 0 Å². The van der Waals surface area contributed by atoms with Crippen molar-refractivity contribution in [3.8, 4) is 0 Å². The molecular formula is C12H21N3O. The summed E-state index contributed by atoms with van der Waals surface area (Å²) in [5.74, 6) is 0.183. The minimum atomic E-state index is 0.183. The standard InChI is InChI=1S/C12H21N3O/c1-11-5-6-12(16)15(13-11)10-9-14-7-3-2-4-8-14/h2-10H2,1H3. The molecule has 0 aliphatic carbocycles. The molecule has 0 radical (unpaired) electrons. The lowest BCUT2D eigenvalue weighted by Crippen LogP contribution is -2.39. The van der Waals surface area contributed by atoms with E-state index in [1.165, 1.54) is 32.4 Å². The maximum atomic E-state index is 11.6. The molecule has 0 aromatic carbocycles. The highest BCUT2D eigenvalue weighted by Crippen LogP contribution is 2.11. The Labute approximate surface area is 97.3 Å². The van der Waals surface area contributed by atoms with E-state index in [0.717, 1.165) is 25.2 Å². The number of hydrogen-bond donors (Lipinski definition) is 0. The van der Waals surface area contributed by atoms with Gasteiger partial charge in [-0.3, -0.25) is 4.79 Å². The first-order chi connectivity index (χ1) is 7.75. The Morgan fingerprint density at radius 1 is 1.12 bits per heavy atom. The highest BCUT2D eigenvalue weighted by Gasteiger charge is 2.19. The summed E-state index contributed by atoms with van der Waals surface area (Å²) >= 11 is 0. The molecule has 2 aliphatic rings. The third kappa shape index (κ3) is 3.04. The van der Waals surface area contributed by atoms with Gasteiger partial charge < -0.3 is 4.90 Å². The van der Waals surface area contributed by atoms with Gasteiger partial charge in [0.15, 0.2) is 0 Å². The number of rotatable bonds is 3. The second-order valence-electron chi connectivity index (χ2n) is 4.75. The molecule has 0 aromatic rings. The fourth-order valence-corrected chi connectivity index (χ4v) is 2.32. The second kappa shape index (κ2) is 5.43. The summed E-state index contributed by atoms with van der Waals surface area (Å²) < 4.78 is 0. The van der Waals surface area contributed by atoms with Crippen LogP contribution in [0.2, 0.25) is 0 Å². The molecular weight excluding hydrogens is 202 g/mol. The first kappa shape index (κ1) is 11.6. The highest BCUT2D eigenvalue weighted by atomic mass is 16.2. The average molecular weight is 223 g/mol. The van der Waals surface area contributed by atoms with Gasteiger partial charge in [-0.25, -0.2) is 5.01 Å². The number of likely N-dealkylation sites (tertiary alicyclic amines) is 1. The van der Waals surface area contributed by atoms with Crippen LogP contribution in [0.3, 0.4) is 0 Å². The lowest BCUT2D eigenvalue weighted by Gasteiger charge is -2.29. The molecule has 16 heavy (non-hydrogen) atoms. The van der Waals surface area contributed by atoms with Crippen LogP contribution < -0.4 is 0 Å². The second-order valence-corrected chi connectivity index (χ2v) is 4.75. The summed E-state index contributed by atoms with van der Waals surface area (Å²) in [6.07, 6.45) is 5.43. The molecule has 90 valence electrons. The van der Waals surface area contributed by atoms with Crippen LogP contribution in [0.1, 0.15) is 39.0 Å². The molecule has 0 saturated carbocycles. The summed E-state index contributed by atoms with van der Waals surface area (Å²) in [6.45, 7) is 6.11. The van der Waals surface area contributed by atoms with Crippen molar-refractivity contribution < 1.29 is 4.79 Å². The molecule has 0 atom stereocenters. The maximum absolute atomic E-state index is 11.6. The minimum absolute atomic E-state index is 0.183. The third-order valence-corrected chi connectivity index (χ3v) is 3.36. The smallest absolute Gasteiger partial charge is 0.243 e. The average Bonchev–Trinajstić information content (AvgIpc) is 2.32. The van der Waals surface area contributed by atoms with E-state index in [2.05, 4.69) is 10.0 Å². The number of piperidine rings is 1.